The van der Waals surface area contributed by atoms with Gasteiger partial charge in [0.1, 0.15) is 5.78 Å². The zero-order chi connectivity index (χ0) is 9.94. The van der Waals surface area contributed by atoms with Crippen molar-refractivity contribution < 1.29 is 9.90 Å². The van der Waals surface area contributed by atoms with Crippen LogP contribution in [0.2, 0.25) is 0 Å². The molecule has 0 aliphatic rings. The molecule has 0 aliphatic heterocycles. The van der Waals surface area contributed by atoms with Gasteiger partial charge in [-0.1, -0.05) is 26.2 Å². The Labute approximate surface area is 81.3 Å². The molecule has 0 fully saturated rings. The second-order valence-electron chi connectivity index (χ2n) is 3.53. The molecule has 2 heteroatoms. The van der Waals surface area contributed by atoms with Crippen molar-refractivity contribution in [3.05, 3.63) is 0 Å². The summed E-state index contributed by atoms with van der Waals surface area (Å²) in [6, 6.07) is 0. The van der Waals surface area contributed by atoms with E-state index in [4.69, 9.17) is 5.11 Å². The van der Waals surface area contributed by atoms with Crippen LogP contribution in [0.5, 0.6) is 0 Å². The van der Waals surface area contributed by atoms with Crippen molar-refractivity contribution in [3.63, 3.8) is 0 Å². The molecule has 1 N–H and O–H groups in total. The second-order valence-corrected chi connectivity index (χ2v) is 3.53. The summed E-state index contributed by atoms with van der Waals surface area (Å²) in [5.74, 6) is 0.408. The number of ketones is 1. The summed E-state index contributed by atoms with van der Waals surface area (Å²) < 4.78 is 0. The lowest BCUT2D eigenvalue weighted by Gasteiger charge is -1.99. The van der Waals surface area contributed by atoms with E-state index in [0.29, 0.717) is 5.78 Å². The van der Waals surface area contributed by atoms with Crippen LogP contribution in [0.3, 0.4) is 0 Å². The largest absolute Gasteiger partial charge is 0.396 e. The summed E-state index contributed by atoms with van der Waals surface area (Å²) in [6.45, 7) is 2.39. The zero-order valence-corrected chi connectivity index (χ0v) is 8.72. The standard InChI is InChI=1S/C11H22O2/c1-2-3-8-11(13)9-6-4-5-7-10-12/h12H,2-10H2,1H3. The van der Waals surface area contributed by atoms with Gasteiger partial charge in [0.25, 0.3) is 0 Å². The zero-order valence-electron chi connectivity index (χ0n) is 8.72. The molecule has 2 nitrogen and oxygen atoms in total. The van der Waals surface area contributed by atoms with E-state index in [0.717, 1.165) is 51.4 Å². The van der Waals surface area contributed by atoms with Crippen LogP contribution >= 0.6 is 0 Å². The summed E-state index contributed by atoms with van der Waals surface area (Å²) in [6.07, 6.45) is 7.66. The maximum atomic E-state index is 11.2. The van der Waals surface area contributed by atoms with Crippen LogP contribution in [-0.2, 0) is 4.79 Å². The molecule has 13 heavy (non-hydrogen) atoms. The van der Waals surface area contributed by atoms with Gasteiger partial charge in [-0.3, -0.25) is 4.79 Å². The van der Waals surface area contributed by atoms with Crippen LogP contribution in [0.15, 0.2) is 0 Å². The van der Waals surface area contributed by atoms with Crippen molar-refractivity contribution in [2.75, 3.05) is 6.61 Å². The van der Waals surface area contributed by atoms with E-state index in [-0.39, 0.29) is 6.61 Å². The third-order valence-electron chi connectivity index (χ3n) is 2.17. The average molecular weight is 186 g/mol. The molecule has 0 saturated carbocycles. The number of carbonyl (C=O) groups is 1. The van der Waals surface area contributed by atoms with Crippen LogP contribution in [-0.4, -0.2) is 17.5 Å². The van der Waals surface area contributed by atoms with E-state index in [1.807, 2.05) is 0 Å². The fourth-order valence-electron chi connectivity index (χ4n) is 1.29. The molecule has 0 spiro atoms. The normalized spacial score (nSPS) is 10.3. The molecule has 78 valence electrons. The Kier molecular flexibility index (Phi) is 9.44. The van der Waals surface area contributed by atoms with Gasteiger partial charge in [-0.2, -0.15) is 0 Å². The van der Waals surface area contributed by atoms with Crippen LogP contribution in [0.25, 0.3) is 0 Å². The highest BCUT2D eigenvalue weighted by Crippen LogP contribution is 2.06. The monoisotopic (exact) mass is 186 g/mol. The molecule has 0 atom stereocenters. The third kappa shape index (κ3) is 9.54. The highest BCUT2D eigenvalue weighted by atomic mass is 16.2. The molecule has 0 rings (SSSR count). The van der Waals surface area contributed by atoms with Crippen molar-refractivity contribution in [3.8, 4) is 0 Å². The highest BCUT2D eigenvalue weighted by Gasteiger charge is 1.99. The third-order valence-corrected chi connectivity index (χ3v) is 2.17. The number of unbranched alkanes of at least 4 members (excludes halogenated alkanes) is 4. The molecule has 0 aliphatic carbocycles. The van der Waals surface area contributed by atoms with E-state index >= 15 is 0 Å². The summed E-state index contributed by atoms with van der Waals surface area (Å²) in [5, 5.41) is 8.52. The van der Waals surface area contributed by atoms with Gasteiger partial charge in [0.15, 0.2) is 0 Å². The van der Waals surface area contributed by atoms with Gasteiger partial charge in [0.05, 0.1) is 0 Å². The fourth-order valence-corrected chi connectivity index (χ4v) is 1.29. The van der Waals surface area contributed by atoms with Crippen molar-refractivity contribution >= 4 is 5.78 Å². The summed E-state index contributed by atoms with van der Waals surface area (Å²) in [7, 11) is 0. The molecule has 0 unspecified atom stereocenters. The predicted octanol–water partition coefficient (Wildman–Crippen LogP) is 2.69. The first kappa shape index (κ1) is 12.6. The van der Waals surface area contributed by atoms with Gasteiger partial charge >= 0.3 is 0 Å². The maximum Gasteiger partial charge on any atom is 0.132 e. The Hall–Kier alpha value is -0.370. The summed E-state index contributed by atoms with van der Waals surface area (Å²) in [5.41, 5.74) is 0. The minimum absolute atomic E-state index is 0.282. The van der Waals surface area contributed by atoms with E-state index in [1.54, 1.807) is 0 Å². The Balaban J connectivity index is 3.08. The van der Waals surface area contributed by atoms with Crippen LogP contribution in [0.4, 0.5) is 0 Å². The van der Waals surface area contributed by atoms with Crippen LogP contribution in [0.1, 0.15) is 58.3 Å². The lowest BCUT2D eigenvalue weighted by atomic mass is 10.1. The van der Waals surface area contributed by atoms with E-state index in [1.165, 1.54) is 0 Å². The number of Topliss-reactive ketones (excluding diaryl/α,β-unsaturated/α-hetero) is 1. The molecular weight excluding hydrogens is 164 g/mol. The first-order valence-electron chi connectivity index (χ1n) is 5.43. The van der Waals surface area contributed by atoms with Gasteiger partial charge in [-0.05, 0) is 19.3 Å². The van der Waals surface area contributed by atoms with Gasteiger partial charge in [0, 0.05) is 19.4 Å². The maximum absolute atomic E-state index is 11.2. The Morgan fingerprint density at radius 3 is 2.23 bits per heavy atom. The number of hydrogen-bond acceptors (Lipinski definition) is 2. The topological polar surface area (TPSA) is 37.3 Å². The fraction of sp³-hybridized carbons (Fsp3) is 0.909. The molecule has 0 aromatic rings. The number of carbonyl (C=O) groups excluding carboxylic acids is 1. The van der Waals surface area contributed by atoms with E-state index in [2.05, 4.69) is 6.92 Å². The van der Waals surface area contributed by atoms with Crippen LogP contribution in [0, 0.1) is 0 Å². The predicted molar refractivity (Wildman–Crippen MR) is 54.7 cm³/mol. The average Bonchev–Trinajstić information content (AvgIpc) is 2.14. The highest BCUT2D eigenvalue weighted by molar-refractivity contribution is 5.78. The SMILES string of the molecule is CCCCC(=O)CCCCCCO. The van der Waals surface area contributed by atoms with Gasteiger partial charge < -0.3 is 5.11 Å². The molecule has 0 aromatic carbocycles. The quantitative estimate of drug-likeness (QED) is 0.562. The molecular formula is C11H22O2. The number of aliphatic hydroxyl groups is 1. The first-order valence-corrected chi connectivity index (χ1v) is 5.43. The lowest BCUT2D eigenvalue weighted by Crippen LogP contribution is -1.97. The number of rotatable bonds is 9. The Morgan fingerprint density at radius 1 is 1.00 bits per heavy atom. The molecule has 0 aromatic heterocycles. The van der Waals surface area contributed by atoms with Gasteiger partial charge in [-0.15, -0.1) is 0 Å². The van der Waals surface area contributed by atoms with Gasteiger partial charge in [0.2, 0.25) is 0 Å². The van der Waals surface area contributed by atoms with E-state index < -0.39 is 0 Å². The smallest absolute Gasteiger partial charge is 0.132 e. The first-order chi connectivity index (χ1) is 6.31. The number of aliphatic hydroxyl groups excluding tert-OH is 1. The Morgan fingerprint density at radius 2 is 1.62 bits per heavy atom. The van der Waals surface area contributed by atoms with Crippen molar-refractivity contribution in [2.45, 2.75) is 58.3 Å². The molecule has 0 saturated heterocycles. The summed E-state index contributed by atoms with van der Waals surface area (Å²) >= 11 is 0. The van der Waals surface area contributed by atoms with Gasteiger partial charge in [-0.25, -0.2) is 0 Å². The molecule has 0 heterocycles. The second kappa shape index (κ2) is 9.72. The summed E-state index contributed by atoms with van der Waals surface area (Å²) in [4.78, 5) is 11.2. The molecule has 0 bridgehead atoms. The molecule has 0 radical (unpaired) electrons. The minimum atomic E-state index is 0.282. The van der Waals surface area contributed by atoms with E-state index in [9.17, 15) is 4.79 Å². The molecule has 0 amide bonds. The van der Waals surface area contributed by atoms with Crippen molar-refractivity contribution in [1.29, 1.82) is 0 Å². The van der Waals surface area contributed by atoms with Crippen LogP contribution < -0.4 is 0 Å². The lowest BCUT2D eigenvalue weighted by molar-refractivity contribution is -0.119. The number of hydrogen-bond donors (Lipinski definition) is 1. The minimum Gasteiger partial charge on any atom is -0.396 e. The van der Waals surface area contributed by atoms with Crippen molar-refractivity contribution in [2.24, 2.45) is 0 Å². The van der Waals surface area contributed by atoms with Crippen molar-refractivity contribution in [1.82, 2.24) is 0 Å². The Bertz CT molecular complexity index is 121.